The summed E-state index contributed by atoms with van der Waals surface area (Å²) in [6.45, 7) is 0.0625. The second kappa shape index (κ2) is 8.00. The smallest absolute Gasteiger partial charge is 0.305 e. The van der Waals surface area contributed by atoms with Crippen LogP contribution in [0.3, 0.4) is 0 Å². The number of benzene rings is 1. The number of rotatable bonds is 6. The molecule has 6 nitrogen and oxygen atoms in total. The molecule has 1 amide bonds. The maximum Gasteiger partial charge on any atom is 0.305 e. The van der Waals surface area contributed by atoms with E-state index in [1.54, 1.807) is 18.2 Å². The standard InChI is InChI=1S/C15H14BrNO5S2/c1-21-10-6-8(5-9(16)13(10)22-2)7-11-14(20)17(15(23)24-11)4-3-12(18)19/h5-7H,3-4H2,1-2H3,(H,18,19). The molecule has 0 bridgehead atoms. The van der Waals surface area contributed by atoms with Crippen molar-refractivity contribution >= 4 is 62.2 Å². The molecule has 1 aromatic carbocycles. The van der Waals surface area contributed by atoms with E-state index in [9.17, 15) is 9.59 Å². The molecule has 0 spiro atoms. The lowest BCUT2D eigenvalue weighted by Crippen LogP contribution is -2.30. The lowest BCUT2D eigenvalue weighted by atomic mass is 10.2. The molecule has 1 aromatic rings. The third kappa shape index (κ3) is 4.08. The Bertz CT molecular complexity index is 735. The van der Waals surface area contributed by atoms with E-state index in [1.807, 2.05) is 0 Å². The van der Waals surface area contributed by atoms with E-state index in [0.717, 1.165) is 17.3 Å². The molecule has 1 heterocycles. The molecule has 0 radical (unpaired) electrons. The molecule has 1 N–H and O–H groups in total. The number of amides is 1. The first-order valence-corrected chi connectivity index (χ1v) is 8.77. The molecule has 0 aliphatic carbocycles. The SMILES string of the molecule is COc1cc(C=C2SC(=S)N(CCC(=O)O)C2=O)cc(Br)c1OC. The van der Waals surface area contributed by atoms with Crippen LogP contribution in [0.2, 0.25) is 0 Å². The van der Waals surface area contributed by atoms with Crippen molar-refractivity contribution in [3.05, 3.63) is 27.1 Å². The van der Waals surface area contributed by atoms with Gasteiger partial charge in [-0.05, 0) is 39.7 Å². The third-order valence-electron chi connectivity index (χ3n) is 3.18. The van der Waals surface area contributed by atoms with Crippen LogP contribution < -0.4 is 9.47 Å². The highest BCUT2D eigenvalue weighted by atomic mass is 79.9. The number of carbonyl (C=O) groups excluding carboxylic acids is 1. The summed E-state index contributed by atoms with van der Waals surface area (Å²) < 4.78 is 11.6. The molecular formula is C15H14BrNO5S2. The van der Waals surface area contributed by atoms with Crippen LogP contribution in [0.15, 0.2) is 21.5 Å². The van der Waals surface area contributed by atoms with Gasteiger partial charge in [-0.1, -0.05) is 24.0 Å². The number of thiocarbonyl (C=S) groups is 1. The van der Waals surface area contributed by atoms with Gasteiger partial charge in [0.2, 0.25) is 0 Å². The van der Waals surface area contributed by atoms with Gasteiger partial charge in [0.25, 0.3) is 5.91 Å². The normalized spacial score (nSPS) is 16.0. The molecule has 1 fully saturated rings. The molecule has 9 heteroatoms. The van der Waals surface area contributed by atoms with Gasteiger partial charge in [-0.3, -0.25) is 14.5 Å². The first-order chi connectivity index (χ1) is 11.4. The van der Waals surface area contributed by atoms with Crippen LogP contribution in [-0.2, 0) is 9.59 Å². The number of aliphatic carboxylic acids is 1. The molecule has 0 atom stereocenters. The zero-order chi connectivity index (χ0) is 17.9. The predicted molar refractivity (Wildman–Crippen MR) is 99.4 cm³/mol. The number of thioether (sulfide) groups is 1. The second-order valence-electron chi connectivity index (χ2n) is 4.72. The average molecular weight is 432 g/mol. The minimum absolute atomic E-state index is 0.0625. The van der Waals surface area contributed by atoms with Gasteiger partial charge in [0.15, 0.2) is 11.5 Å². The van der Waals surface area contributed by atoms with Gasteiger partial charge in [0, 0.05) is 6.54 Å². The van der Waals surface area contributed by atoms with Crippen molar-refractivity contribution in [3.63, 3.8) is 0 Å². The first-order valence-electron chi connectivity index (χ1n) is 6.76. The fourth-order valence-electron chi connectivity index (χ4n) is 2.07. The summed E-state index contributed by atoms with van der Waals surface area (Å²) in [5.74, 6) is -0.183. The number of ether oxygens (including phenoxy) is 2. The van der Waals surface area contributed by atoms with Gasteiger partial charge < -0.3 is 14.6 Å². The Balaban J connectivity index is 2.29. The van der Waals surface area contributed by atoms with E-state index >= 15 is 0 Å². The summed E-state index contributed by atoms with van der Waals surface area (Å²) in [6.07, 6.45) is 1.54. The Morgan fingerprint density at radius 1 is 1.42 bits per heavy atom. The van der Waals surface area contributed by atoms with Crippen molar-refractivity contribution in [1.82, 2.24) is 4.90 Å². The Kier molecular flexibility index (Phi) is 6.25. The third-order valence-corrected chi connectivity index (χ3v) is 5.14. The summed E-state index contributed by atoms with van der Waals surface area (Å²) in [6, 6.07) is 3.54. The van der Waals surface area contributed by atoms with Crippen LogP contribution in [-0.4, -0.2) is 47.0 Å². The quantitative estimate of drug-likeness (QED) is 0.547. The molecule has 24 heavy (non-hydrogen) atoms. The molecule has 0 saturated carbocycles. The highest BCUT2D eigenvalue weighted by molar-refractivity contribution is 9.10. The summed E-state index contributed by atoms with van der Waals surface area (Å²) in [7, 11) is 3.06. The minimum Gasteiger partial charge on any atom is -0.493 e. The van der Waals surface area contributed by atoms with Crippen LogP contribution in [0.5, 0.6) is 11.5 Å². The van der Waals surface area contributed by atoms with Crippen LogP contribution in [0, 0.1) is 0 Å². The highest BCUT2D eigenvalue weighted by Gasteiger charge is 2.32. The van der Waals surface area contributed by atoms with Crippen LogP contribution in [0.4, 0.5) is 0 Å². The van der Waals surface area contributed by atoms with Crippen LogP contribution in [0.1, 0.15) is 12.0 Å². The van der Waals surface area contributed by atoms with Crippen LogP contribution in [0.25, 0.3) is 6.08 Å². The van der Waals surface area contributed by atoms with Crippen molar-refractivity contribution in [2.24, 2.45) is 0 Å². The first kappa shape index (κ1) is 18.8. The van der Waals surface area contributed by atoms with E-state index in [1.165, 1.54) is 19.1 Å². The van der Waals surface area contributed by atoms with Crippen molar-refractivity contribution in [1.29, 1.82) is 0 Å². The van der Waals surface area contributed by atoms with Crippen molar-refractivity contribution in [2.75, 3.05) is 20.8 Å². The van der Waals surface area contributed by atoms with Gasteiger partial charge >= 0.3 is 5.97 Å². The average Bonchev–Trinajstić information content (AvgIpc) is 2.78. The van der Waals surface area contributed by atoms with Crippen LogP contribution >= 0.6 is 39.9 Å². The number of carbonyl (C=O) groups is 2. The maximum atomic E-state index is 12.4. The topological polar surface area (TPSA) is 76.1 Å². The second-order valence-corrected chi connectivity index (χ2v) is 7.25. The zero-order valence-corrected chi connectivity index (χ0v) is 16.1. The number of carboxylic acid groups (broad SMARTS) is 1. The monoisotopic (exact) mass is 431 g/mol. The number of nitrogens with zero attached hydrogens (tertiary/aromatic N) is 1. The Hall–Kier alpha value is -1.58. The molecular weight excluding hydrogens is 418 g/mol. The summed E-state index contributed by atoms with van der Waals surface area (Å²) in [5, 5.41) is 8.75. The molecule has 2 rings (SSSR count). The van der Waals surface area contributed by atoms with Crippen molar-refractivity contribution in [2.45, 2.75) is 6.42 Å². The zero-order valence-electron chi connectivity index (χ0n) is 12.9. The molecule has 1 saturated heterocycles. The number of hydrogen-bond acceptors (Lipinski definition) is 6. The van der Waals surface area contributed by atoms with E-state index < -0.39 is 5.97 Å². The molecule has 128 valence electrons. The Morgan fingerprint density at radius 3 is 2.71 bits per heavy atom. The molecule has 0 unspecified atom stereocenters. The lowest BCUT2D eigenvalue weighted by Gasteiger charge is -2.12. The maximum absolute atomic E-state index is 12.4. The van der Waals surface area contributed by atoms with Gasteiger partial charge in [0.05, 0.1) is 30.0 Å². The fourth-order valence-corrected chi connectivity index (χ4v) is 4.00. The predicted octanol–water partition coefficient (Wildman–Crippen LogP) is 3.14. The fraction of sp³-hybridized carbons (Fsp3) is 0.267. The van der Waals surface area contributed by atoms with Gasteiger partial charge in [-0.25, -0.2) is 0 Å². The summed E-state index contributed by atoms with van der Waals surface area (Å²) >= 11 is 9.70. The molecule has 0 aromatic heterocycles. The number of carboxylic acids is 1. The van der Waals surface area contributed by atoms with Crippen molar-refractivity contribution in [3.8, 4) is 11.5 Å². The van der Waals surface area contributed by atoms with E-state index in [0.29, 0.717) is 25.2 Å². The van der Waals surface area contributed by atoms with E-state index in [2.05, 4.69) is 15.9 Å². The van der Waals surface area contributed by atoms with Crippen molar-refractivity contribution < 1.29 is 24.2 Å². The Labute approximate surface area is 156 Å². The minimum atomic E-state index is -0.975. The van der Waals surface area contributed by atoms with Gasteiger partial charge in [-0.2, -0.15) is 0 Å². The Morgan fingerprint density at radius 2 is 2.12 bits per heavy atom. The highest BCUT2D eigenvalue weighted by Crippen LogP contribution is 2.38. The van der Waals surface area contributed by atoms with E-state index in [-0.39, 0.29) is 18.9 Å². The molecule has 1 aliphatic heterocycles. The molecule has 1 aliphatic rings. The largest absolute Gasteiger partial charge is 0.493 e. The lowest BCUT2D eigenvalue weighted by molar-refractivity contribution is -0.137. The number of hydrogen-bond donors (Lipinski definition) is 1. The van der Waals surface area contributed by atoms with Gasteiger partial charge in [-0.15, -0.1) is 0 Å². The summed E-state index contributed by atoms with van der Waals surface area (Å²) in [5.41, 5.74) is 0.734. The summed E-state index contributed by atoms with van der Waals surface area (Å²) in [4.78, 5) is 24.8. The number of halogens is 1. The number of methoxy groups -OCH3 is 2. The van der Waals surface area contributed by atoms with Gasteiger partial charge in [0.1, 0.15) is 4.32 Å². The van der Waals surface area contributed by atoms with E-state index in [4.69, 9.17) is 26.8 Å².